The van der Waals surface area contributed by atoms with Crippen molar-refractivity contribution in [2.75, 3.05) is 24.5 Å². The van der Waals surface area contributed by atoms with Gasteiger partial charge >= 0.3 is 0 Å². The third-order valence-corrected chi connectivity index (χ3v) is 9.62. The predicted octanol–water partition coefficient (Wildman–Crippen LogP) is 6.63. The van der Waals surface area contributed by atoms with Crippen molar-refractivity contribution in [3.8, 4) is 5.75 Å². The van der Waals surface area contributed by atoms with Crippen molar-refractivity contribution >= 4 is 62.3 Å². The molecule has 4 aromatic rings. The Bertz CT molecular complexity index is 1720. The number of halogens is 3. The maximum absolute atomic E-state index is 14.4. The van der Waals surface area contributed by atoms with Crippen LogP contribution in [-0.2, 0) is 32.6 Å². The molecule has 0 aliphatic rings. The van der Waals surface area contributed by atoms with E-state index >= 15 is 0 Å². The molecule has 0 heterocycles. The topological polar surface area (TPSA) is 96.0 Å². The number of amides is 2. The maximum Gasteiger partial charge on any atom is 0.264 e. The maximum atomic E-state index is 14.4. The Balaban J connectivity index is 1.80. The third-order valence-electron chi connectivity index (χ3n) is 6.99. The van der Waals surface area contributed by atoms with Crippen LogP contribution in [0, 0.1) is 0 Å². The molecule has 0 aliphatic carbocycles. The summed E-state index contributed by atoms with van der Waals surface area (Å²) in [5.41, 5.74) is 1.57. The van der Waals surface area contributed by atoms with Gasteiger partial charge in [0.05, 0.1) is 17.2 Å². The van der Waals surface area contributed by atoms with Crippen molar-refractivity contribution in [2.24, 2.45) is 0 Å². The minimum atomic E-state index is -4.28. The lowest BCUT2D eigenvalue weighted by Crippen LogP contribution is -2.53. The van der Waals surface area contributed by atoms with Gasteiger partial charge in [0, 0.05) is 35.1 Å². The van der Waals surface area contributed by atoms with E-state index in [4.69, 9.17) is 39.5 Å². The second kappa shape index (κ2) is 15.5. The Morgan fingerprint density at radius 2 is 1.51 bits per heavy atom. The van der Waals surface area contributed by atoms with Crippen LogP contribution in [0.2, 0.25) is 15.1 Å². The molecule has 12 heteroatoms. The van der Waals surface area contributed by atoms with E-state index in [-0.39, 0.29) is 23.5 Å². The summed E-state index contributed by atoms with van der Waals surface area (Å²) in [6.45, 7) is 1.56. The number of ether oxygens (including phenoxy) is 1. The van der Waals surface area contributed by atoms with Crippen molar-refractivity contribution in [1.82, 2.24) is 10.2 Å². The summed E-state index contributed by atoms with van der Waals surface area (Å²) >= 11 is 18.7. The van der Waals surface area contributed by atoms with Gasteiger partial charge in [-0.25, -0.2) is 8.42 Å². The average molecular weight is 689 g/mol. The lowest BCUT2D eigenvalue weighted by Gasteiger charge is -2.33. The van der Waals surface area contributed by atoms with Gasteiger partial charge in [-0.15, -0.1) is 0 Å². The Morgan fingerprint density at radius 3 is 2.11 bits per heavy atom. The van der Waals surface area contributed by atoms with Gasteiger partial charge in [0.15, 0.2) is 0 Å². The first-order valence-corrected chi connectivity index (χ1v) is 16.6. The lowest BCUT2D eigenvalue weighted by atomic mass is 10.0. The fraction of sp³-hybridized carbons (Fsp3) is 0.212. The molecule has 1 unspecified atom stereocenters. The minimum absolute atomic E-state index is 0.0620. The first-order chi connectivity index (χ1) is 21.5. The van der Waals surface area contributed by atoms with E-state index in [9.17, 15) is 18.0 Å². The molecule has 45 heavy (non-hydrogen) atoms. The minimum Gasteiger partial charge on any atom is -0.494 e. The van der Waals surface area contributed by atoms with E-state index in [0.717, 1.165) is 9.87 Å². The summed E-state index contributed by atoms with van der Waals surface area (Å²) in [6.07, 6.45) is 0.171. The number of anilines is 1. The predicted molar refractivity (Wildman–Crippen MR) is 179 cm³/mol. The summed E-state index contributed by atoms with van der Waals surface area (Å²) in [7, 11) is -2.80. The Hall–Kier alpha value is -3.76. The molecule has 0 saturated carbocycles. The number of benzene rings is 4. The molecule has 236 valence electrons. The lowest BCUT2D eigenvalue weighted by molar-refractivity contribution is -0.139. The Kier molecular flexibility index (Phi) is 11.7. The van der Waals surface area contributed by atoms with Gasteiger partial charge in [-0.1, -0.05) is 71.2 Å². The first kappa shape index (κ1) is 34.1. The highest BCUT2D eigenvalue weighted by molar-refractivity contribution is 7.92. The fourth-order valence-electron chi connectivity index (χ4n) is 4.69. The van der Waals surface area contributed by atoms with E-state index in [1.807, 2.05) is 37.3 Å². The van der Waals surface area contributed by atoms with E-state index in [2.05, 4.69) is 5.32 Å². The SMILES string of the molecule is CCOc1ccc(N(CC(=O)N(Cc2ccc(Cl)cc2Cl)C(Cc2ccccc2)C(=O)NC)S(=O)(=O)c2ccc(Cl)cc2)cc1. The average Bonchev–Trinajstić information content (AvgIpc) is 3.03. The second-order valence-electron chi connectivity index (χ2n) is 9.97. The number of nitrogens with zero attached hydrogens (tertiary/aromatic N) is 2. The normalized spacial score (nSPS) is 11.8. The molecule has 0 radical (unpaired) electrons. The molecular weight excluding hydrogens is 657 g/mol. The number of likely N-dealkylation sites (N-methyl/N-ethyl adjacent to an activating group) is 1. The van der Waals surface area contributed by atoms with Crippen molar-refractivity contribution in [1.29, 1.82) is 0 Å². The van der Waals surface area contributed by atoms with Crippen LogP contribution in [0.25, 0.3) is 0 Å². The second-order valence-corrected chi connectivity index (χ2v) is 13.1. The largest absolute Gasteiger partial charge is 0.494 e. The molecule has 1 atom stereocenters. The van der Waals surface area contributed by atoms with Crippen molar-refractivity contribution in [2.45, 2.75) is 30.8 Å². The van der Waals surface area contributed by atoms with Crippen LogP contribution in [0.15, 0.2) is 102 Å². The molecule has 0 spiro atoms. The van der Waals surface area contributed by atoms with Crippen LogP contribution in [-0.4, -0.2) is 51.4 Å². The highest BCUT2D eigenvalue weighted by Crippen LogP contribution is 2.29. The first-order valence-electron chi connectivity index (χ1n) is 14.0. The molecule has 0 fully saturated rings. The zero-order valence-electron chi connectivity index (χ0n) is 24.6. The van der Waals surface area contributed by atoms with Gasteiger partial charge < -0.3 is 15.0 Å². The van der Waals surface area contributed by atoms with Crippen molar-refractivity contribution in [3.63, 3.8) is 0 Å². The number of nitrogens with one attached hydrogen (secondary N) is 1. The molecule has 4 rings (SSSR count). The van der Waals surface area contributed by atoms with Crippen LogP contribution in [0.5, 0.6) is 5.75 Å². The molecule has 1 N–H and O–H groups in total. The molecule has 0 aromatic heterocycles. The van der Waals surface area contributed by atoms with Crippen LogP contribution in [0.3, 0.4) is 0 Å². The third kappa shape index (κ3) is 8.70. The number of sulfonamides is 1. The molecule has 4 aromatic carbocycles. The van der Waals surface area contributed by atoms with Gasteiger partial charge in [0.25, 0.3) is 10.0 Å². The number of carbonyl (C=O) groups excluding carboxylic acids is 2. The zero-order chi connectivity index (χ0) is 32.6. The van der Waals surface area contributed by atoms with E-state index in [1.165, 1.54) is 36.2 Å². The molecule has 8 nitrogen and oxygen atoms in total. The summed E-state index contributed by atoms with van der Waals surface area (Å²) in [5, 5.41) is 3.71. The summed E-state index contributed by atoms with van der Waals surface area (Å²) < 4.78 is 34.7. The Labute approximate surface area is 278 Å². The van der Waals surface area contributed by atoms with Crippen molar-refractivity contribution in [3.05, 3.63) is 123 Å². The Morgan fingerprint density at radius 1 is 0.867 bits per heavy atom. The zero-order valence-corrected chi connectivity index (χ0v) is 27.7. The molecule has 0 bridgehead atoms. The number of rotatable bonds is 13. The molecule has 0 aliphatic heterocycles. The summed E-state index contributed by atoms with van der Waals surface area (Å²) in [5.74, 6) is -0.514. The number of hydrogen-bond donors (Lipinski definition) is 1. The van der Waals surface area contributed by atoms with Gasteiger partial charge in [0.2, 0.25) is 11.8 Å². The van der Waals surface area contributed by atoms with Crippen LogP contribution in [0.1, 0.15) is 18.1 Å². The van der Waals surface area contributed by atoms with Crippen LogP contribution < -0.4 is 14.4 Å². The van der Waals surface area contributed by atoms with E-state index in [0.29, 0.717) is 33.0 Å². The standard InChI is InChI=1S/C33H32Cl3N3O5S/c1-3-44-28-15-13-27(14-16-28)39(45(42,43)29-17-11-25(34)12-18-29)22-32(40)38(21-24-9-10-26(35)20-30(24)36)31(33(41)37-2)19-23-7-5-4-6-8-23/h4-18,20,31H,3,19,21-22H2,1-2H3,(H,37,41). The fourth-order valence-corrected chi connectivity index (χ4v) is 6.70. The monoisotopic (exact) mass is 687 g/mol. The van der Waals surface area contributed by atoms with E-state index in [1.54, 1.807) is 42.5 Å². The highest BCUT2D eigenvalue weighted by Gasteiger charge is 2.34. The van der Waals surface area contributed by atoms with Gasteiger partial charge in [-0.05, 0) is 78.7 Å². The number of carbonyl (C=O) groups is 2. The van der Waals surface area contributed by atoms with Gasteiger partial charge in [-0.3, -0.25) is 13.9 Å². The van der Waals surface area contributed by atoms with Gasteiger partial charge in [-0.2, -0.15) is 0 Å². The summed E-state index contributed by atoms with van der Waals surface area (Å²) in [4.78, 5) is 29.1. The van der Waals surface area contributed by atoms with Crippen LogP contribution >= 0.6 is 34.8 Å². The summed E-state index contributed by atoms with van der Waals surface area (Å²) in [6, 6.07) is 25.1. The smallest absolute Gasteiger partial charge is 0.264 e. The van der Waals surface area contributed by atoms with Gasteiger partial charge in [0.1, 0.15) is 18.3 Å². The van der Waals surface area contributed by atoms with E-state index < -0.39 is 34.4 Å². The quantitative estimate of drug-likeness (QED) is 0.170. The molecule has 0 saturated heterocycles. The molecule has 2 amide bonds. The molecular formula is C33H32Cl3N3O5S. The van der Waals surface area contributed by atoms with Crippen molar-refractivity contribution < 1.29 is 22.7 Å². The van der Waals surface area contributed by atoms with Crippen LogP contribution in [0.4, 0.5) is 5.69 Å². The highest BCUT2D eigenvalue weighted by atomic mass is 35.5. The number of hydrogen-bond acceptors (Lipinski definition) is 5.